The number of anilines is 1. The molecule has 0 saturated heterocycles. The number of pyridine rings is 1. The fraction of sp³-hybridized carbons (Fsp3) is 0.148. The quantitative estimate of drug-likeness (QED) is 0.272. The number of benzene rings is 3. The lowest BCUT2D eigenvalue weighted by Crippen LogP contribution is -2.21. The number of hydrogen-bond donors (Lipinski definition) is 1. The van der Waals surface area contributed by atoms with E-state index >= 15 is 0 Å². The number of amides is 1. The highest BCUT2D eigenvalue weighted by atomic mass is 35.5. The molecule has 0 aliphatic carbocycles. The highest BCUT2D eigenvalue weighted by Gasteiger charge is 2.19. The molecule has 0 spiro atoms. The Bertz CT molecular complexity index is 1450. The molecule has 0 bridgehead atoms. The van der Waals surface area contributed by atoms with Crippen molar-refractivity contribution in [3.05, 3.63) is 76.3 Å². The second kappa shape index (κ2) is 11.4. The van der Waals surface area contributed by atoms with E-state index in [-0.39, 0.29) is 5.56 Å². The normalized spacial score (nSPS) is 10.6. The van der Waals surface area contributed by atoms with Gasteiger partial charge in [-0.15, -0.1) is 0 Å². The van der Waals surface area contributed by atoms with Gasteiger partial charge >= 0.3 is 5.97 Å². The molecule has 8 nitrogen and oxygen atoms in total. The van der Waals surface area contributed by atoms with Crippen LogP contribution in [-0.4, -0.2) is 44.8 Å². The van der Waals surface area contributed by atoms with Gasteiger partial charge in [0.25, 0.3) is 5.91 Å². The molecule has 0 aliphatic heterocycles. The molecule has 1 N–H and O–H groups in total. The number of nitrogens with one attached hydrogen (secondary N) is 1. The first-order valence-electron chi connectivity index (χ1n) is 11.0. The van der Waals surface area contributed by atoms with Crippen molar-refractivity contribution in [3.63, 3.8) is 0 Å². The maximum Gasteiger partial charge on any atom is 0.339 e. The van der Waals surface area contributed by atoms with Crippen LogP contribution in [0.3, 0.4) is 0 Å². The monoisotopic (exact) mass is 540 g/mol. The Morgan fingerprint density at radius 3 is 2.14 bits per heavy atom. The Hall–Kier alpha value is -4.01. The molecule has 0 unspecified atom stereocenters. The van der Waals surface area contributed by atoms with E-state index in [4.69, 9.17) is 47.1 Å². The molecule has 37 heavy (non-hydrogen) atoms. The minimum atomic E-state index is -0.688. The van der Waals surface area contributed by atoms with E-state index in [2.05, 4.69) is 5.32 Å². The zero-order valence-corrected chi connectivity index (χ0v) is 21.6. The van der Waals surface area contributed by atoms with E-state index in [1.807, 2.05) is 6.07 Å². The molecule has 0 saturated carbocycles. The summed E-state index contributed by atoms with van der Waals surface area (Å²) in [6.45, 7) is -0.515. The van der Waals surface area contributed by atoms with Crippen LogP contribution >= 0.6 is 23.2 Å². The van der Waals surface area contributed by atoms with Crippen LogP contribution in [0.1, 0.15) is 10.4 Å². The van der Waals surface area contributed by atoms with E-state index in [0.29, 0.717) is 55.1 Å². The summed E-state index contributed by atoms with van der Waals surface area (Å²) in [6.07, 6.45) is 0. The second-order valence-corrected chi connectivity index (χ2v) is 8.64. The number of para-hydroxylation sites is 1. The average molecular weight is 541 g/mol. The second-order valence-electron chi connectivity index (χ2n) is 7.77. The third kappa shape index (κ3) is 5.87. The van der Waals surface area contributed by atoms with Crippen molar-refractivity contribution in [2.75, 3.05) is 33.3 Å². The fourth-order valence-corrected chi connectivity index (χ4v) is 4.28. The first kappa shape index (κ1) is 26.1. The summed E-state index contributed by atoms with van der Waals surface area (Å²) in [7, 11) is 4.54. The molecule has 1 aromatic heterocycles. The van der Waals surface area contributed by atoms with Crippen LogP contribution in [0, 0.1) is 0 Å². The predicted octanol–water partition coefficient (Wildman–Crippen LogP) is 6.03. The Kier molecular flexibility index (Phi) is 8.01. The highest BCUT2D eigenvalue weighted by molar-refractivity contribution is 6.35. The number of fused-ring (bicyclic) bond motifs is 1. The highest BCUT2D eigenvalue weighted by Crippen LogP contribution is 2.41. The minimum absolute atomic E-state index is 0.243. The average Bonchev–Trinajstić information content (AvgIpc) is 2.89. The zero-order chi connectivity index (χ0) is 26.5. The lowest BCUT2D eigenvalue weighted by atomic mass is 10.0. The van der Waals surface area contributed by atoms with Crippen LogP contribution < -0.4 is 19.5 Å². The van der Waals surface area contributed by atoms with Gasteiger partial charge in [0.05, 0.1) is 38.1 Å². The van der Waals surface area contributed by atoms with Crippen molar-refractivity contribution < 1.29 is 28.5 Å². The number of halogens is 2. The number of esters is 1. The number of aromatic nitrogens is 1. The Balaban J connectivity index is 1.64. The summed E-state index contributed by atoms with van der Waals surface area (Å²) in [6, 6.07) is 16.8. The molecule has 4 aromatic rings. The summed E-state index contributed by atoms with van der Waals surface area (Å²) >= 11 is 11.9. The van der Waals surface area contributed by atoms with Crippen molar-refractivity contribution in [1.82, 2.24) is 4.98 Å². The van der Waals surface area contributed by atoms with Gasteiger partial charge in [0, 0.05) is 26.7 Å². The Labute approximate surface area is 223 Å². The van der Waals surface area contributed by atoms with Crippen molar-refractivity contribution in [3.8, 4) is 28.5 Å². The molecule has 0 fully saturated rings. The van der Waals surface area contributed by atoms with E-state index in [1.54, 1.807) is 42.5 Å². The van der Waals surface area contributed by atoms with E-state index in [9.17, 15) is 9.59 Å². The number of carbonyl (C=O) groups excluding carboxylic acids is 2. The lowest BCUT2D eigenvalue weighted by Gasteiger charge is -2.15. The first-order chi connectivity index (χ1) is 17.8. The summed E-state index contributed by atoms with van der Waals surface area (Å²) in [4.78, 5) is 30.2. The molecule has 0 radical (unpaired) electrons. The van der Waals surface area contributed by atoms with Crippen molar-refractivity contribution in [2.45, 2.75) is 0 Å². The van der Waals surface area contributed by atoms with E-state index in [1.165, 1.54) is 33.5 Å². The maximum atomic E-state index is 13.1. The van der Waals surface area contributed by atoms with Gasteiger partial charge in [-0.2, -0.15) is 0 Å². The van der Waals surface area contributed by atoms with Gasteiger partial charge in [0.15, 0.2) is 18.1 Å². The maximum absolute atomic E-state index is 13.1. The van der Waals surface area contributed by atoms with Gasteiger partial charge in [0.2, 0.25) is 5.75 Å². The molecular weight excluding hydrogens is 519 g/mol. The SMILES string of the molecule is COc1cc(-c2cc(C(=O)OCC(=O)Nc3cc(Cl)cc(Cl)c3)c3ccccc3n2)cc(OC)c1OC. The van der Waals surface area contributed by atoms with Gasteiger partial charge in [-0.05, 0) is 42.5 Å². The Morgan fingerprint density at radius 1 is 0.865 bits per heavy atom. The number of carbonyl (C=O) groups is 2. The van der Waals surface area contributed by atoms with Gasteiger partial charge in [-0.3, -0.25) is 4.79 Å². The predicted molar refractivity (Wildman–Crippen MR) is 142 cm³/mol. The van der Waals surface area contributed by atoms with Crippen LogP contribution in [0.2, 0.25) is 10.0 Å². The van der Waals surface area contributed by atoms with Crippen LogP contribution in [0.15, 0.2) is 60.7 Å². The standard InChI is InChI=1S/C27H22Cl2N2O6/c1-34-23-8-15(9-24(35-2)26(23)36-3)22-13-20(19-6-4-5-7-21(19)31-22)27(33)37-14-25(32)30-18-11-16(28)10-17(29)12-18/h4-13H,14H2,1-3H3,(H,30,32). The van der Waals surface area contributed by atoms with Crippen LogP contribution in [0.25, 0.3) is 22.2 Å². The third-order valence-corrected chi connectivity index (χ3v) is 5.81. The molecule has 10 heteroatoms. The van der Waals surface area contributed by atoms with Gasteiger partial charge in [-0.25, -0.2) is 9.78 Å². The number of nitrogens with zero attached hydrogens (tertiary/aromatic N) is 1. The topological polar surface area (TPSA) is 96.0 Å². The smallest absolute Gasteiger partial charge is 0.339 e. The lowest BCUT2D eigenvalue weighted by molar-refractivity contribution is -0.119. The van der Waals surface area contributed by atoms with Gasteiger partial charge < -0.3 is 24.3 Å². The van der Waals surface area contributed by atoms with Crippen molar-refractivity contribution >= 4 is 51.7 Å². The Morgan fingerprint density at radius 2 is 1.51 bits per heavy atom. The molecule has 4 rings (SSSR count). The third-order valence-electron chi connectivity index (χ3n) is 5.38. The summed E-state index contributed by atoms with van der Waals surface area (Å²) in [5.41, 5.74) is 2.30. The van der Waals surface area contributed by atoms with E-state index < -0.39 is 18.5 Å². The molecule has 190 valence electrons. The molecule has 0 aliphatic rings. The number of rotatable bonds is 8. The summed E-state index contributed by atoms with van der Waals surface area (Å²) in [5, 5.41) is 3.91. The molecular formula is C27H22Cl2N2O6. The van der Waals surface area contributed by atoms with Crippen molar-refractivity contribution in [2.24, 2.45) is 0 Å². The minimum Gasteiger partial charge on any atom is -0.493 e. The van der Waals surface area contributed by atoms with Crippen LogP contribution in [0.4, 0.5) is 5.69 Å². The molecule has 1 amide bonds. The largest absolute Gasteiger partial charge is 0.493 e. The molecule has 3 aromatic carbocycles. The fourth-order valence-electron chi connectivity index (χ4n) is 3.75. The van der Waals surface area contributed by atoms with Crippen molar-refractivity contribution in [1.29, 1.82) is 0 Å². The van der Waals surface area contributed by atoms with Crippen LogP contribution in [0.5, 0.6) is 17.2 Å². The molecule has 1 heterocycles. The van der Waals surface area contributed by atoms with Crippen LogP contribution in [-0.2, 0) is 9.53 Å². The summed E-state index contributed by atoms with van der Waals surface area (Å²) < 4.78 is 21.6. The number of ether oxygens (including phenoxy) is 4. The van der Waals surface area contributed by atoms with Gasteiger partial charge in [0.1, 0.15) is 0 Å². The van der Waals surface area contributed by atoms with E-state index in [0.717, 1.165) is 0 Å². The zero-order valence-electron chi connectivity index (χ0n) is 20.1. The molecule has 0 atom stereocenters. The first-order valence-corrected chi connectivity index (χ1v) is 11.7. The van der Waals surface area contributed by atoms with Gasteiger partial charge in [-0.1, -0.05) is 41.4 Å². The number of methoxy groups -OCH3 is 3. The summed E-state index contributed by atoms with van der Waals surface area (Å²) in [5.74, 6) is 0.0742. The number of hydrogen-bond acceptors (Lipinski definition) is 7.